The van der Waals surface area contributed by atoms with Crippen LogP contribution in [0, 0.1) is 12.8 Å². The molecule has 1 aliphatic heterocycles. The van der Waals surface area contributed by atoms with Crippen molar-refractivity contribution >= 4 is 34.4 Å². The van der Waals surface area contributed by atoms with Crippen LogP contribution in [0.3, 0.4) is 0 Å². The van der Waals surface area contributed by atoms with E-state index in [0.29, 0.717) is 35.3 Å². The van der Waals surface area contributed by atoms with Gasteiger partial charge < -0.3 is 15.3 Å². The van der Waals surface area contributed by atoms with Gasteiger partial charge in [0.1, 0.15) is 5.82 Å². The average Bonchev–Trinajstić information content (AvgIpc) is 3.30. The second-order valence-electron chi connectivity index (χ2n) is 11.6. The van der Waals surface area contributed by atoms with Gasteiger partial charge in [-0.05, 0) is 68.9 Å². The number of aryl methyl sites for hydroxylation is 1. The fourth-order valence-corrected chi connectivity index (χ4v) is 6.58. The fraction of sp³-hybridized carbons (Fsp3) is 0.438. The minimum atomic E-state index is -0.140. The predicted octanol–water partition coefficient (Wildman–Crippen LogP) is 3.65. The van der Waals surface area contributed by atoms with Crippen molar-refractivity contribution in [3.8, 4) is 5.69 Å². The molecule has 1 amide bonds. The van der Waals surface area contributed by atoms with Crippen molar-refractivity contribution in [2.75, 3.05) is 44.2 Å². The zero-order valence-electron chi connectivity index (χ0n) is 24.5. The highest BCUT2D eigenvalue weighted by Crippen LogP contribution is 2.28. The summed E-state index contributed by atoms with van der Waals surface area (Å²) >= 11 is 6.06. The maximum atomic E-state index is 13.9. The zero-order valence-corrected chi connectivity index (χ0v) is 25.2. The molecule has 0 atom stereocenters. The van der Waals surface area contributed by atoms with Crippen LogP contribution in [-0.4, -0.2) is 80.4 Å². The number of para-hydroxylation sites is 2. The summed E-state index contributed by atoms with van der Waals surface area (Å²) < 4.78 is 3.66. The molecular weight excluding hydrogens is 566 g/mol. The molecule has 43 heavy (non-hydrogen) atoms. The third-order valence-electron chi connectivity index (χ3n) is 8.86. The summed E-state index contributed by atoms with van der Waals surface area (Å²) in [5.41, 5.74) is 3.64. The third kappa shape index (κ3) is 6.32. The van der Waals surface area contributed by atoms with Crippen LogP contribution in [0.5, 0.6) is 0 Å². The first-order valence-electron chi connectivity index (χ1n) is 15.1. The van der Waals surface area contributed by atoms with Crippen LogP contribution < -0.4 is 15.9 Å². The number of carbonyl (C=O) groups excluding carboxylic acids is 1. The monoisotopic (exact) mass is 603 g/mol. The summed E-state index contributed by atoms with van der Waals surface area (Å²) in [4.78, 5) is 40.1. The Morgan fingerprint density at radius 2 is 1.74 bits per heavy atom. The van der Waals surface area contributed by atoms with E-state index in [-0.39, 0.29) is 24.2 Å². The van der Waals surface area contributed by atoms with Crippen LogP contribution in [0.25, 0.3) is 16.7 Å². The van der Waals surface area contributed by atoms with E-state index in [2.05, 4.69) is 20.1 Å². The Kier molecular flexibility index (Phi) is 8.78. The SMILES string of the molecule is Cc1ncc(Cl)cc1C(=O)NC1CCC(Cn2c(=O)n(-c3ccc(N4CCN(CCO)CC4)nc3)c3ccccc32)CC1. The van der Waals surface area contributed by atoms with Gasteiger partial charge >= 0.3 is 5.69 Å². The van der Waals surface area contributed by atoms with Gasteiger partial charge in [-0.2, -0.15) is 0 Å². The number of aromatic nitrogens is 4. The largest absolute Gasteiger partial charge is 0.395 e. The summed E-state index contributed by atoms with van der Waals surface area (Å²) in [5, 5.41) is 12.8. The van der Waals surface area contributed by atoms with Crippen LogP contribution in [0.2, 0.25) is 5.02 Å². The number of β-amino-alcohol motifs (C(OH)–C–C–N with tert-alkyl or cyclic N) is 1. The maximum absolute atomic E-state index is 13.9. The second-order valence-corrected chi connectivity index (χ2v) is 12.1. The quantitative estimate of drug-likeness (QED) is 0.316. The number of aliphatic hydroxyl groups excluding tert-OH is 1. The zero-order chi connectivity index (χ0) is 29.9. The number of aliphatic hydroxyl groups is 1. The number of hydrogen-bond donors (Lipinski definition) is 2. The minimum Gasteiger partial charge on any atom is -0.395 e. The first-order valence-corrected chi connectivity index (χ1v) is 15.5. The number of hydrogen-bond acceptors (Lipinski definition) is 7. The van der Waals surface area contributed by atoms with Gasteiger partial charge in [0.15, 0.2) is 0 Å². The summed E-state index contributed by atoms with van der Waals surface area (Å²) in [6.07, 6.45) is 6.90. The number of benzene rings is 1. The normalized spacial score (nSPS) is 19.6. The molecule has 10 nitrogen and oxygen atoms in total. The van der Waals surface area contributed by atoms with Crippen molar-refractivity contribution in [3.05, 3.63) is 81.6 Å². The van der Waals surface area contributed by atoms with Crippen LogP contribution in [0.4, 0.5) is 5.82 Å². The van der Waals surface area contributed by atoms with Crippen molar-refractivity contribution < 1.29 is 9.90 Å². The van der Waals surface area contributed by atoms with Crippen molar-refractivity contribution in [2.45, 2.75) is 45.2 Å². The van der Waals surface area contributed by atoms with Gasteiger partial charge in [0.25, 0.3) is 5.91 Å². The molecule has 0 bridgehead atoms. The number of nitrogens with zero attached hydrogens (tertiary/aromatic N) is 6. The molecule has 3 aromatic heterocycles. The molecule has 1 aliphatic carbocycles. The van der Waals surface area contributed by atoms with Gasteiger partial charge in [-0.1, -0.05) is 23.7 Å². The van der Waals surface area contributed by atoms with Crippen molar-refractivity contribution in [2.24, 2.45) is 5.92 Å². The molecule has 2 N–H and O–H groups in total. The highest BCUT2D eigenvalue weighted by molar-refractivity contribution is 6.30. The number of amides is 1. The number of halogens is 1. The van der Waals surface area contributed by atoms with Crippen LogP contribution >= 0.6 is 11.6 Å². The van der Waals surface area contributed by atoms with Gasteiger partial charge in [-0.3, -0.25) is 23.8 Å². The fourth-order valence-electron chi connectivity index (χ4n) is 6.42. The molecule has 1 saturated heterocycles. The lowest BCUT2D eigenvalue weighted by atomic mass is 9.85. The van der Waals surface area contributed by atoms with Gasteiger partial charge in [-0.25, -0.2) is 9.78 Å². The van der Waals surface area contributed by atoms with Gasteiger partial charge in [0, 0.05) is 51.5 Å². The lowest BCUT2D eigenvalue weighted by Gasteiger charge is -2.35. The third-order valence-corrected chi connectivity index (χ3v) is 9.07. The summed E-state index contributed by atoms with van der Waals surface area (Å²) in [5.74, 6) is 1.10. The summed E-state index contributed by atoms with van der Waals surface area (Å²) in [6.45, 7) is 6.82. The van der Waals surface area contributed by atoms with E-state index < -0.39 is 0 Å². The molecule has 2 aliphatic rings. The Morgan fingerprint density at radius 3 is 2.44 bits per heavy atom. The molecule has 0 unspecified atom stereocenters. The number of carbonyl (C=O) groups is 1. The number of anilines is 1. The molecule has 226 valence electrons. The van der Waals surface area contributed by atoms with E-state index in [1.807, 2.05) is 47.9 Å². The molecule has 2 fully saturated rings. The lowest BCUT2D eigenvalue weighted by molar-refractivity contribution is 0.0919. The first kappa shape index (κ1) is 29.3. The van der Waals surface area contributed by atoms with Crippen LogP contribution in [-0.2, 0) is 6.54 Å². The van der Waals surface area contributed by atoms with Gasteiger partial charge in [0.2, 0.25) is 0 Å². The number of piperazine rings is 1. The van der Waals surface area contributed by atoms with Gasteiger partial charge in [0.05, 0.1) is 45.8 Å². The summed E-state index contributed by atoms with van der Waals surface area (Å²) in [7, 11) is 0. The van der Waals surface area contributed by atoms with Crippen molar-refractivity contribution in [1.29, 1.82) is 0 Å². The molecule has 11 heteroatoms. The Labute approximate surface area is 255 Å². The Morgan fingerprint density at radius 1 is 1.00 bits per heavy atom. The number of fused-ring (bicyclic) bond motifs is 1. The Bertz CT molecular complexity index is 1640. The van der Waals surface area contributed by atoms with E-state index in [9.17, 15) is 14.7 Å². The highest BCUT2D eigenvalue weighted by atomic mass is 35.5. The Hall–Kier alpha value is -3.73. The number of rotatable bonds is 8. The molecule has 4 aromatic rings. The maximum Gasteiger partial charge on any atom is 0.333 e. The van der Waals surface area contributed by atoms with Crippen LogP contribution in [0.1, 0.15) is 41.7 Å². The standard InChI is InChI=1S/C32H38ClN7O3/c1-22-27(18-24(33)19-34-22)31(42)36-25-8-6-23(7-9-25)21-39-28-4-2-3-5-29(28)40(32(39)43)26-10-11-30(35-20-26)38-14-12-37(13-15-38)16-17-41/h2-5,10-11,18-20,23,25,41H,6-9,12-17,21H2,1H3,(H,36,42). The summed E-state index contributed by atoms with van der Waals surface area (Å²) in [6, 6.07) is 13.6. The number of imidazole rings is 1. The van der Waals surface area contributed by atoms with E-state index in [0.717, 1.165) is 74.4 Å². The van der Waals surface area contributed by atoms with E-state index in [1.165, 1.54) is 0 Å². The lowest BCUT2D eigenvalue weighted by Crippen LogP contribution is -2.47. The minimum absolute atomic E-state index is 0.0623. The van der Waals surface area contributed by atoms with E-state index in [1.54, 1.807) is 23.0 Å². The number of pyridine rings is 2. The molecule has 0 radical (unpaired) electrons. The predicted molar refractivity (Wildman–Crippen MR) is 168 cm³/mol. The molecule has 1 saturated carbocycles. The first-order chi connectivity index (χ1) is 20.9. The van der Waals surface area contributed by atoms with Crippen LogP contribution in [0.15, 0.2) is 59.7 Å². The van der Waals surface area contributed by atoms with E-state index >= 15 is 0 Å². The van der Waals surface area contributed by atoms with E-state index in [4.69, 9.17) is 16.6 Å². The molecule has 6 rings (SSSR count). The van der Waals surface area contributed by atoms with Crippen molar-refractivity contribution in [3.63, 3.8) is 0 Å². The van der Waals surface area contributed by atoms with Gasteiger partial charge in [-0.15, -0.1) is 0 Å². The number of nitrogens with one attached hydrogen (secondary N) is 1. The van der Waals surface area contributed by atoms with Crippen molar-refractivity contribution in [1.82, 2.24) is 29.3 Å². The molecule has 0 spiro atoms. The highest BCUT2D eigenvalue weighted by Gasteiger charge is 2.26. The molecule has 4 heterocycles. The second kappa shape index (κ2) is 12.9. The average molecular weight is 604 g/mol. The molecule has 1 aromatic carbocycles. The topological polar surface area (TPSA) is 109 Å². The molecular formula is C32H38ClN7O3. The smallest absolute Gasteiger partial charge is 0.333 e. The Balaban J connectivity index is 1.13.